The first kappa shape index (κ1) is 18.2. The van der Waals surface area contributed by atoms with Crippen molar-refractivity contribution in [2.75, 3.05) is 25.5 Å². The highest BCUT2D eigenvalue weighted by Gasteiger charge is 2.17. The number of carbonyl (C=O) groups excluding carboxylic acids is 1. The molecule has 0 saturated carbocycles. The average Bonchev–Trinajstić information content (AvgIpc) is 2.60. The van der Waals surface area contributed by atoms with Crippen LogP contribution in [-0.4, -0.2) is 36.1 Å². The van der Waals surface area contributed by atoms with Crippen LogP contribution in [0.3, 0.4) is 0 Å². The Kier molecular flexibility index (Phi) is 6.97. The lowest BCUT2D eigenvalue weighted by molar-refractivity contribution is -0.116. The number of aryl methyl sites for hydroxylation is 1. The molecular weight excluding hydrogens is 300 g/mol. The summed E-state index contributed by atoms with van der Waals surface area (Å²) in [4.78, 5) is 14.3. The summed E-state index contributed by atoms with van der Waals surface area (Å²) in [7, 11) is 1.99. The predicted octanol–water partition coefficient (Wildman–Crippen LogP) is 3.38. The summed E-state index contributed by atoms with van der Waals surface area (Å²) in [5.41, 5.74) is 3.08. The maximum Gasteiger partial charge on any atom is 0.225 e. The van der Waals surface area contributed by atoms with Crippen LogP contribution in [0, 0.1) is 6.92 Å². The van der Waals surface area contributed by atoms with Crippen LogP contribution in [0.1, 0.15) is 30.0 Å². The highest BCUT2D eigenvalue weighted by molar-refractivity contribution is 5.91. The molecule has 2 N–H and O–H groups in total. The Hall–Kier alpha value is -2.17. The van der Waals surface area contributed by atoms with Gasteiger partial charge in [-0.05, 0) is 37.6 Å². The van der Waals surface area contributed by atoms with Crippen molar-refractivity contribution in [2.45, 2.75) is 25.8 Å². The van der Waals surface area contributed by atoms with Gasteiger partial charge in [-0.1, -0.05) is 48.5 Å². The number of hydrogen-bond donors (Lipinski definition) is 2. The molecule has 128 valence electrons. The quantitative estimate of drug-likeness (QED) is 0.782. The predicted molar refractivity (Wildman–Crippen MR) is 97.9 cm³/mol. The fraction of sp³-hybridized carbons (Fsp3) is 0.350. The van der Waals surface area contributed by atoms with Crippen LogP contribution >= 0.6 is 0 Å². The summed E-state index contributed by atoms with van der Waals surface area (Å²) < 4.78 is 0. The van der Waals surface area contributed by atoms with Crippen molar-refractivity contribution in [3.63, 3.8) is 0 Å². The molecular formula is C20H26N2O2. The average molecular weight is 326 g/mol. The molecule has 0 radical (unpaired) electrons. The van der Waals surface area contributed by atoms with Crippen LogP contribution in [0.2, 0.25) is 0 Å². The number of anilines is 1. The zero-order valence-corrected chi connectivity index (χ0v) is 14.4. The van der Waals surface area contributed by atoms with E-state index in [0.717, 1.165) is 16.8 Å². The zero-order chi connectivity index (χ0) is 17.4. The Bertz CT molecular complexity index is 643. The third-order valence-corrected chi connectivity index (χ3v) is 4.23. The lowest BCUT2D eigenvalue weighted by Gasteiger charge is -2.28. The SMILES string of the molecule is Cc1ccccc1NC(=O)CCN(C)C(CCO)c1ccccc1. The van der Waals surface area contributed by atoms with Crippen molar-refractivity contribution >= 4 is 11.6 Å². The first-order valence-electron chi connectivity index (χ1n) is 8.33. The summed E-state index contributed by atoms with van der Waals surface area (Å²) in [6.07, 6.45) is 1.07. The number of rotatable bonds is 8. The van der Waals surface area contributed by atoms with E-state index in [9.17, 15) is 9.90 Å². The number of aliphatic hydroxyl groups excluding tert-OH is 1. The van der Waals surface area contributed by atoms with Gasteiger partial charge in [-0.25, -0.2) is 0 Å². The van der Waals surface area contributed by atoms with E-state index < -0.39 is 0 Å². The van der Waals surface area contributed by atoms with Gasteiger partial charge in [0.2, 0.25) is 5.91 Å². The topological polar surface area (TPSA) is 52.6 Å². The van der Waals surface area contributed by atoms with E-state index in [0.29, 0.717) is 19.4 Å². The molecule has 1 atom stereocenters. The number of amides is 1. The summed E-state index contributed by atoms with van der Waals surface area (Å²) in [6, 6.07) is 18.0. The zero-order valence-electron chi connectivity index (χ0n) is 14.4. The fourth-order valence-corrected chi connectivity index (χ4v) is 2.80. The van der Waals surface area contributed by atoms with Crippen LogP contribution in [-0.2, 0) is 4.79 Å². The lowest BCUT2D eigenvalue weighted by atomic mass is 10.0. The molecule has 24 heavy (non-hydrogen) atoms. The van der Waals surface area contributed by atoms with Crippen molar-refractivity contribution in [1.82, 2.24) is 4.90 Å². The highest BCUT2D eigenvalue weighted by atomic mass is 16.3. The Balaban J connectivity index is 1.91. The van der Waals surface area contributed by atoms with Gasteiger partial charge >= 0.3 is 0 Å². The third-order valence-electron chi connectivity index (χ3n) is 4.23. The van der Waals surface area contributed by atoms with Crippen LogP contribution in [0.25, 0.3) is 0 Å². The molecule has 0 aliphatic rings. The van der Waals surface area contributed by atoms with Gasteiger partial charge in [-0.15, -0.1) is 0 Å². The van der Waals surface area contributed by atoms with Gasteiger partial charge in [0.1, 0.15) is 0 Å². The van der Waals surface area contributed by atoms with Gasteiger partial charge in [0.15, 0.2) is 0 Å². The number of hydrogen-bond acceptors (Lipinski definition) is 3. The molecule has 1 unspecified atom stereocenters. The normalized spacial score (nSPS) is 12.2. The molecule has 0 spiro atoms. The van der Waals surface area contributed by atoms with E-state index in [4.69, 9.17) is 0 Å². The fourth-order valence-electron chi connectivity index (χ4n) is 2.80. The summed E-state index contributed by atoms with van der Waals surface area (Å²) in [5, 5.41) is 12.3. The van der Waals surface area contributed by atoms with Gasteiger partial charge in [0.25, 0.3) is 0 Å². The van der Waals surface area contributed by atoms with E-state index in [1.165, 1.54) is 0 Å². The molecule has 0 bridgehead atoms. The number of nitrogens with zero attached hydrogens (tertiary/aromatic N) is 1. The number of carbonyl (C=O) groups is 1. The first-order chi connectivity index (χ1) is 11.6. The van der Waals surface area contributed by atoms with E-state index in [1.54, 1.807) is 0 Å². The summed E-state index contributed by atoms with van der Waals surface area (Å²) in [5.74, 6) is 0.00644. The Morgan fingerprint density at radius 1 is 1.12 bits per heavy atom. The second-order valence-corrected chi connectivity index (χ2v) is 6.03. The van der Waals surface area contributed by atoms with Gasteiger partial charge in [-0.2, -0.15) is 0 Å². The van der Waals surface area contributed by atoms with E-state index in [-0.39, 0.29) is 18.6 Å². The minimum atomic E-state index is 0.00644. The summed E-state index contributed by atoms with van der Waals surface area (Å²) >= 11 is 0. The Morgan fingerprint density at radius 2 is 1.79 bits per heavy atom. The van der Waals surface area contributed by atoms with Crippen molar-refractivity contribution < 1.29 is 9.90 Å². The molecule has 0 fully saturated rings. The van der Waals surface area contributed by atoms with E-state index in [1.807, 2.05) is 56.4 Å². The van der Waals surface area contributed by atoms with Gasteiger partial charge in [0.05, 0.1) is 0 Å². The number of benzene rings is 2. The molecule has 0 aromatic heterocycles. The van der Waals surface area contributed by atoms with Gasteiger partial charge in [-0.3, -0.25) is 9.69 Å². The van der Waals surface area contributed by atoms with Crippen LogP contribution in [0.5, 0.6) is 0 Å². The lowest BCUT2D eigenvalue weighted by Crippen LogP contribution is -2.29. The van der Waals surface area contributed by atoms with Crippen LogP contribution < -0.4 is 5.32 Å². The molecule has 2 rings (SSSR count). The molecule has 0 aliphatic heterocycles. The molecule has 4 heteroatoms. The second kappa shape index (κ2) is 9.21. The number of nitrogens with one attached hydrogen (secondary N) is 1. The molecule has 0 saturated heterocycles. The standard InChI is InChI=1S/C20H26N2O2/c1-16-8-6-7-11-18(16)21-20(24)12-14-22(2)19(13-15-23)17-9-4-3-5-10-17/h3-11,19,23H,12-15H2,1-2H3,(H,21,24). The van der Waals surface area contributed by atoms with E-state index in [2.05, 4.69) is 22.3 Å². The number of para-hydroxylation sites is 1. The monoisotopic (exact) mass is 326 g/mol. The Morgan fingerprint density at radius 3 is 2.46 bits per heavy atom. The maximum absolute atomic E-state index is 12.2. The summed E-state index contributed by atoms with van der Waals surface area (Å²) in [6.45, 7) is 2.74. The van der Waals surface area contributed by atoms with Gasteiger partial charge < -0.3 is 10.4 Å². The molecule has 1 amide bonds. The molecule has 0 aliphatic carbocycles. The smallest absolute Gasteiger partial charge is 0.225 e. The second-order valence-electron chi connectivity index (χ2n) is 6.03. The largest absolute Gasteiger partial charge is 0.396 e. The maximum atomic E-state index is 12.2. The van der Waals surface area contributed by atoms with Crippen molar-refractivity contribution in [1.29, 1.82) is 0 Å². The van der Waals surface area contributed by atoms with Crippen LogP contribution in [0.15, 0.2) is 54.6 Å². The molecule has 0 heterocycles. The first-order valence-corrected chi connectivity index (χ1v) is 8.33. The van der Waals surface area contributed by atoms with E-state index >= 15 is 0 Å². The number of aliphatic hydroxyl groups is 1. The van der Waals surface area contributed by atoms with Gasteiger partial charge in [0, 0.05) is 31.3 Å². The minimum Gasteiger partial charge on any atom is -0.396 e. The molecule has 2 aromatic carbocycles. The van der Waals surface area contributed by atoms with Crippen molar-refractivity contribution in [3.05, 3.63) is 65.7 Å². The highest BCUT2D eigenvalue weighted by Crippen LogP contribution is 2.23. The van der Waals surface area contributed by atoms with Crippen LogP contribution in [0.4, 0.5) is 5.69 Å². The Labute approximate surface area is 144 Å². The molecule has 4 nitrogen and oxygen atoms in total. The molecule has 2 aromatic rings. The van der Waals surface area contributed by atoms with Crippen molar-refractivity contribution in [2.24, 2.45) is 0 Å². The van der Waals surface area contributed by atoms with Crippen molar-refractivity contribution in [3.8, 4) is 0 Å². The third kappa shape index (κ3) is 5.18. The minimum absolute atomic E-state index is 0.00644.